The fraction of sp³-hybridized carbons (Fsp3) is 0.208. The molecule has 4 rings (SSSR count). The van der Waals surface area contributed by atoms with Crippen molar-refractivity contribution in [2.24, 2.45) is 0 Å². The third-order valence-corrected chi connectivity index (χ3v) is 6.60. The minimum absolute atomic E-state index is 0.127. The van der Waals surface area contributed by atoms with Crippen molar-refractivity contribution >= 4 is 39.3 Å². The number of fused-ring (bicyclic) bond motifs is 1. The lowest BCUT2D eigenvalue weighted by atomic mass is 10.1. The molecule has 0 saturated heterocycles. The zero-order valence-corrected chi connectivity index (χ0v) is 18.9. The summed E-state index contributed by atoms with van der Waals surface area (Å²) in [4.78, 5) is 33.0. The first kappa shape index (κ1) is 21.3. The minimum Gasteiger partial charge on any atom is -0.462 e. The predicted octanol–water partition coefficient (Wildman–Crippen LogP) is 5.82. The van der Waals surface area contributed by atoms with E-state index in [0.29, 0.717) is 28.5 Å². The average Bonchev–Trinajstić information content (AvgIpc) is 3.21. The molecule has 0 bridgehead atoms. The van der Waals surface area contributed by atoms with Gasteiger partial charge in [0.1, 0.15) is 4.83 Å². The molecule has 0 radical (unpaired) electrons. The Labute approximate surface area is 188 Å². The van der Waals surface area contributed by atoms with Gasteiger partial charge in [-0.1, -0.05) is 60.6 Å². The fourth-order valence-electron chi connectivity index (χ4n) is 3.11. The van der Waals surface area contributed by atoms with E-state index in [-0.39, 0.29) is 11.5 Å². The molecule has 0 saturated carbocycles. The summed E-state index contributed by atoms with van der Waals surface area (Å²) in [6.07, 6.45) is 0.798. The van der Waals surface area contributed by atoms with Crippen molar-refractivity contribution in [1.29, 1.82) is 0 Å². The van der Waals surface area contributed by atoms with Crippen molar-refractivity contribution in [2.45, 2.75) is 31.2 Å². The first-order chi connectivity index (χ1) is 15.0. The van der Waals surface area contributed by atoms with Crippen LogP contribution in [0.25, 0.3) is 21.3 Å². The number of aromatic nitrogens is 2. The quantitative estimate of drug-likeness (QED) is 0.218. The molecule has 0 unspecified atom stereocenters. The van der Waals surface area contributed by atoms with E-state index in [2.05, 4.69) is 9.97 Å². The lowest BCUT2D eigenvalue weighted by Crippen LogP contribution is -2.08. The van der Waals surface area contributed by atoms with Gasteiger partial charge in [0.05, 0.1) is 17.6 Å². The van der Waals surface area contributed by atoms with Crippen molar-refractivity contribution in [3.63, 3.8) is 0 Å². The number of thioether (sulfide) groups is 1. The van der Waals surface area contributed by atoms with Gasteiger partial charge in [-0.05, 0) is 36.6 Å². The SMILES string of the molecule is CCCOC(=O)c1ccc(CSc2nc3scc(-c4ccc(C)cc4)c3c(=O)[nH]2)cc1. The number of hydrogen-bond donors (Lipinski definition) is 1. The van der Waals surface area contributed by atoms with E-state index in [1.165, 1.54) is 28.7 Å². The van der Waals surface area contributed by atoms with Crippen molar-refractivity contribution in [3.05, 3.63) is 81.0 Å². The summed E-state index contributed by atoms with van der Waals surface area (Å²) in [7, 11) is 0. The molecule has 0 aliphatic heterocycles. The number of ether oxygens (including phenoxy) is 1. The topological polar surface area (TPSA) is 72.0 Å². The van der Waals surface area contributed by atoms with Crippen LogP contribution in [0, 0.1) is 6.92 Å². The van der Waals surface area contributed by atoms with E-state index in [4.69, 9.17) is 4.74 Å². The number of H-pyrrole nitrogens is 1. The third kappa shape index (κ3) is 4.89. The smallest absolute Gasteiger partial charge is 0.338 e. The van der Waals surface area contributed by atoms with Crippen LogP contribution in [0.4, 0.5) is 0 Å². The largest absolute Gasteiger partial charge is 0.462 e. The van der Waals surface area contributed by atoms with E-state index >= 15 is 0 Å². The molecule has 0 fully saturated rings. The molecule has 0 atom stereocenters. The van der Waals surface area contributed by atoms with Crippen molar-refractivity contribution < 1.29 is 9.53 Å². The number of hydrogen-bond acceptors (Lipinski definition) is 6. The van der Waals surface area contributed by atoms with Crippen LogP contribution in [-0.2, 0) is 10.5 Å². The van der Waals surface area contributed by atoms with E-state index in [1.54, 1.807) is 12.1 Å². The number of carbonyl (C=O) groups excluding carboxylic acids is 1. The molecule has 4 aromatic rings. The van der Waals surface area contributed by atoms with Crippen LogP contribution >= 0.6 is 23.1 Å². The zero-order chi connectivity index (χ0) is 21.8. The number of nitrogens with one attached hydrogen (secondary N) is 1. The van der Waals surface area contributed by atoms with Crippen molar-refractivity contribution in [3.8, 4) is 11.1 Å². The van der Waals surface area contributed by atoms with Gasteiger partial charge in [-0.25, -0.2) is 9.78 Å². The molecule has 0 spiro atoms. The van der Waals surface area contributed by atoms with Crippen molar-refractivity contribution in [1.82, 2.24) is 9.97 Å². The number of benzene rings is 2. The maximum absolute atomic E-state index is 12.8. The number of esters is 1. The monoisotopic (exact) mass is 450 g/mol. The Morgan fingerprint density at radius 2 is 1.87 bits per heavy atom. The van der Waals surface area contributed by atoms with Gasteiger partial charge in [0.15, 0.2) is 5.16 Å². The van der Waals surface area contributed by atoms with Gasteiger partial charge in [0.2, 0.25) is 0 Å². The molecule has 0 aliphatic rings. The summed E-state index contributed by atoms with van der Waals surface area (Å²) in [5.74, 6) is 0.328. The van der Waals surface area contributed by atoms with E-state index < -0.39 is 0 Å². The number of thiophene rings is 1. The van der Waals surface area contributed by atoms with Gasteiger partial charge < -0.3 is 9.72 Å². The Hall–Kier alpha value is -2.90. The van der Waals surface area contributed by atoms with E-state index in [1.807, 2.05) is 55.6 Å². The summed E-state index contributed by atoms with van der Waals surface area (Å²) in [5.41, 5.74) is 4.56. The van der Waals surface area contributed by atoms with Gasteiger partial charge in [-0.3, -0.25) is 4.79 Å². The molecule has 0 aliphatic carbocycles. The second-order valence-electron chi connectivity index (χ2n) is 7.19. The summed E-state index contributed by atoms with van der Waals surface area (Å²) < 4.78 is 5.15. The van der Waals surface area contributed by atoms with Gasteiger partial charge in [0.25, 0.3) is 5.56 Å². The molecule has 2 aromatic carbocycles. The standard InChI is InChI=1S/C24H22N2O3S2/c1-3-12-29-23(28)18-10-6-16(7-11-18)13-31-24-25-21(27)20-19(14-30-22(20)26-24)17-8-4-15(2)5-9-17/h4-11,14H,3,12-13H2,1-2H3,(H,25,26,27). The van der Waals surface area contributed by atoms with Crippen molar-refractivity contribution in [2.75, 3.05) is 6.61 Å². The maximum atomic E-state index is 12.8. The molecule has 5 nitrogen and oxygen atoms in total. The van der Waals surface area contributed by atoms with Crippen LogP contribution in [0.1, 0.15) is 34.8 Å². The number of nitrogens with zero attached hydrogens (tertiary/aromatic N) is 1. The molecular formula is C24H22N2O3S2. The Morgan fingerprint density at radius 1 is 1.13 bits per heavy atom. The number of rotatable bonds is 7. The normalized spacial score (nSPS) is 11.0. The molecule has 158 valence electrons. The highest BCUT2D eigenvalue weighted by Crippen LogP contribution is 2.32. The molecular weight excluding hydrogens is 428 g/mol. The average molecular weight is 451 g/mol. The van der Waals surface area contributed by atoms with Crippen LogP contribution < -0.4 is 5.56 Å². The van der Waals surface area contributed by atoms with Gasteiger partial charge in [-0.2, -0.15) is 0 Å². The Balaban J connectivity index is 1.49. The molecule has 31 heavy (non-hydrogen) atoms. The highest BCUT2D eigenvalue weighted by atomic mass is 32.2. The Morgan fingerprint density at radius 3 is 2.58 bits per heavy atom. The fourth-order valence-corrected chi connectivity index (χ4v) is 4.93. The summed E-state index contributed by atoms with van der Waals surface area (Å²) >= 11 is 2.94. The van der Waals surface area contributed by atoms with Gasteiger partial charge in [-0.15, -0.1) is 11.3 Å². The lowest BCUT2D eigenvalue weighted by molar-refractivity contribution is 0.0505. The van der Waals surface area contributed by atoms with Gasteiger partial charge >= 0.3 is 5.97 Å². The molecule has 7 heteroatoms. The lowest BCUT2D eigenvalue weighted by Gasteiger charge is -2.05. The number of aryl methyl sites for hydroxylation is 1. The third-order valence-electron chi connectivity index (χ3n) is 4.79. The Bertz CT molecular complexity index is 1260. The van der Waals surface area contributed by atoms with Crippen LogP contribution in [0.5, 0.6) is 0 Å². The highest BCUT2D eigenvalue weighted by molar-refractivity contribution is 7.98. The summed E-state index contributed by atoms with van der Waals surface area (Å²) in [5, 5.41) is 3.21. The second-order valence-corrected chi connectivity index (χ2v) is 9.01. The second kappa shape index (κ2) is 9.49. The minimum atomic E-state index is -0.306. The number of aromatic amines is 1. The van der Waals surface area contributed by atoms with E-state index in [9.17, 15) is 9.59 Å². The van der Waals surface area contributed by atoms with E-state index in [0.717, 1.165) is 27.9 Å². The summed E-state index contributed by atoms with van der Waals surface area (Å²) in [6.45, 7) is 4.42. The zero-order valence-electron chi connectivity index (χ0n) is 17.3. The molecule has 0 amide bonds. The van der Waals surface area contributed by atoms with Crippen LogP contribution in [0.3, 0.4) is 0 Å². The van der Waals surface area contributed by atoms with Crippen LogP contribution in [-0.4, -0.2) is 22.5 Å². The van der Waals surface area contributed by atoms with Crippen LogP contribution in [0.2, 0.25) is 0 Å². The predicted molar refractivity (Wildman–Crippen MR) is 127 cm³/mol. The summed E-state index contributed by atoms with van der Waals surface area (Å²) in [6, 6.07) is 15.5. The molecule has 1 N–H and O–H groups in total. The Kier molecular flexibility index (Phi) is 6.53. The first-order valence-electron chi connectivity index (χ1n) is 10.0. The first-order valence-corrected chi connectivity index (χ1v) is 11.9. The van der Waals surface area contributed by atoms with Crippen LogP contribution in [0.15, 0.2) is 63.9 Å². The molecule has 2 heterocycles. The maximum Gasteiger partial charge on any atom is 0.338 e. The number of carbonyl (C=O) groups is 1. The van der Waals surface area contributed by atoms with Gasteiger partial charge in [0, 0.05) is 16.7 Å². The highest BCUT2D eigenvalue weighted by Gasteiger charge is 2.13. The molecule has 2 aromatic heterocycles.